The second-order valence-electron chi connectivity index (χ2n) is 5.81. The fourth-order valence-electron chi connectivity index (χ4n) is 2.48. The number of carbonyl (C=O) groups excluding carboxylic acids is 1. The standard InChI is InChI=1S/C14H15ClF3N5O/c1-7(8-3-19-4-8)13(24)20-5-11-21-22-12-10(15)2-9(6-23(11)12)14(16,17)18/h2,6-8,19H,3-5H2,1H3,(H,20,24). The molecule has 2 aromatic heterocycles. The molecule has 1 saturated heterocycles. The third kappa shape index (κ3) is 3.18. The van der Waals surface area contributed by atoms with Crippen molar-refractivity contribution in [3.05, 3.63) is 28.7 Å². The average molecular weight is 362 g/mol. The van der Waals surface area contributed by atoms with Crippen molar-refractivity contribution >= 4 is 23.2 Å². The van der Waals surface area contributed by atoms with Crippen molar-refractivity contribution in [2.24, 2.45) is 11.8 Å². The van der Waals surface area contributed by atoms with Crippen molar-refractivity contribution in [3.63, 3.8) is 0 Å². The molecular weight excluding hydrogens is 347 g/mol. The van der Waals surface area contributed by atoms with E-state index in [9.17, 15) is 18.0 Å². The third-order valence-electron chi connectivity index (χ3n) is 4.21. The Morgan fingerprint density at radius 2 is 2.21 bits per heavy atom. The number of nitrogens with one attached hydrogen (secondary N) is 2. The van der Waals surface area contributed by atoms with Gasteiger partial charge in [0.2, 0.25) is 5.91 Å². The summed E-state index contributed by atoms with van der Waals surface area (Å²) in [6, 6.07) is 0.805. The smallest absolute Gasteiger partial charge is 0.349 e. The number of alkyl halides is 3. The molecule has 0 aliphatic carbocycles. The summed E-state index contributed by atoms with van der Waals surface area (Å²) >= 11 is 5.85. The quantitative estimate of drug-likeness (QED) is 0.872. The van der Waals surface area contributed by atoms with E-state index >= 15 is 0 Å². The summed E-state index contributed by atoms with van der Waals surface area (Å²) in [7, 11) is 0. The first kappa shape index (κ1) is 17.0. The number of aromatic nitrogens is 3. The predicted molar refractivity (Wildman–Crippen MR) is 80.4 cm³/mol. The summed E-state index contributed by atoms with van der Waals surface area (Å²) in [5, 5.41) is 13.2. The molecule has 0 aromatic carbocycles. The number of hydrogen-bond acceptors (Lipinski definition) is 4. The van der Waals surface area contributed by atoms with Crippen LogP contribution in [0.15, 0.2) is 12.3 Å². The normalized spacial score (nSPS) is 16.9. The fourth-order valence-corrected chi connectivity index (χ4v) is 2.73. The summed E-state index contributed by atoms with van der Waals surface area (Å²) in [5.41, 5.74) is -0.786. The molecule has 0 spiro atoms. The molecule has 6 nitrogen and oxygen atoms in total. The molecule has 0 saturated carbocycles. The molecule has 1 aliphatic heterocycles. The van der Waals surface area contributed by atoms with Crippen LogP contribution in [-0.2, 0) is 17.5 Å². The average Bonchev–Trinajstić information content (AvgIpc) is 2.85. The molecule has 1 aliphatic rings. The van der Waals surface area contributed by atoms with E-state index in [1.807, 2.05) is 6.92 Å². The predicted octanol–water partition coefficient (Wildman–Crippen LogP) is 1.87. The first-order valence-electron chi connectivity index (χ1n) is 7.36. The van der Waals surface area contributed by atoms with Gasteiger partial charge in [0, 0.05) is 12.1 Å². The van der Waals surface area contributed by atoms with Crippen LogP contribution in [0.1, 0.15) is 18.3 Å². The van der Waals surface area contributed by atoms with E-state index in [-0.39, 0.29) is 40.8 Å². The topological polar surface area (TPSA) is 71.3 Å². The largest absolute Gasteiger partial charge is 0.417 e. The lowest BCUT2D eigenvalue weighted by Crippen LogP contribution is -2.49. The number of hydrogen-bond donors (Lipinski definition) is 2. The number of rotatable bonds is 4. The van der Waals surface area contributed by atoms with Crippen molar-refractivity contribution in [1.82, 2.24) is 25.2 Å². The molecule has 24 heavy (non-hydrogen) atoms. The Hall–Kier alpha value is -1.87. The van der Waals surface area contributed by atoms with E-state index in [0.717, 1.165) is 29.8 Å². The molecule has 3 heterocycles. The Kier molecular flexibility index (Phi) is 4.39. The fraction of sp³-hybridized carbons (Fsp3) is 0.500. The summed E-state index contributed by atoms with van der Waals surface area (Å²) in [6.45, 7) is 3.36. The second-order valence-corrected chi connectivity index (χ2v) is 6.22. The second kappa shape index (κ2) is 6.21. The van der Waals surface area contributed by atoms with E-state index < -0.39 is 11.7 Å². The van der Waals surface area contributed by atoms with E-state index in [4.69, 9.17) is 11.6 Å². The number of nitrogens with zero attached hydrogens (tertiary/aromatic N) is 3. The Morgan fingerprint density at radius 1 is 1.50 bits per heavy atom. The van der Waals surface area contributed by atoms with Crippen LogP contribution in [0.25, 0.3) is 5.65 Å². The maximum Gasteiger partial charge on any atom is 0.417 e. The zero-order chi connectivity index (χ0) is 17.5. The summed E-state index contributed by atoms with van der Waals surface area (Å²) in [5.74, 6) is 0.104. The van der Waals surface area contributed by atoms with Crippen molar-refractivity contribution < 1.29 is 18.0 Å². The summed E-state index contributed by atoms with van der Waals surface area (Å²) < 4.78 is 39.9. The van der Waals surface area contributed by atoms with E-state index in [2.05, 4.69) is 20.8 Å². The molecule has 130 valence electrons. The first-order valence-corrected chi connectivity index (χ1v) is 7.74. The maximum atomic E-state index is 12.9. The van der Waals surface area contributed by atoms with Crippen molar-refractivity contribution in [2.45, 2.75) is 19.6 Å². The van der Waals surface area contributed by atoms with E-state index in [1.54, 1.807) is 0 Å². The molecule has 2 aromatic rings. The van der Waals surface area contributed by atoms with E-state index in [1.165, 1.54) is 0 Å². The van der Waals surface area contributed by atoms with Gasteiger partial charge in [-0.3, -0.25) is 9.20 Å². The number of fused-ring (bicyclic) bond motifs is 1. The Bertz CT molecular complexity index is 772. The Morgan fingerprint density at radius 3 is 2.79 bits per heavy atom. The zero-order valence-electron chi connectivity index (χ0n) is 12.7. The zero-order valence-corrected chi connectivity index (χ0v) is 13.4. The molecular formula is C14H15ClF3N5O. The van der Waals surface area contributed by atoms with Gasteiger partial charge in [0.25, 0.3) is 0 Å². The molecule has 0 bridgehead atoms. The molecule has 1 atom stereocenters. The van der Waals surface area contributed by atoms with Crippen LogP contribution in [0.2, 0.25) is 5.02 Å². The summed E-state index contributed by atoms with van der Waals surface area (Å²) in [4.78, 5) is 12.1. The minimum Gasteiger partial charge on any atom is -0.349 e. The van der Waals surface area contributed by atoms with Gasteiger partial charge < -0.3 is 10.6 Å². The van der Waals surface area contributed by atoms with Gasteiger partial charge in [-0.1, -0.05) is 18.5 Å². The van der Waals surface area contributed by atoms with Crippen LogP contribution < -0.4 is 10.6 Å². The highest BCUT2D eigenvalue weighted by atomic mass is 35.5. The third-order valence-corrected chi connectivity index (χ3v) is 4.49. The Balaban J connectivity index is 1.79. The van der Waals surface area contributed by atoms with Crippen molar-refractivity contribution in [2.75, 3.05) is 13.1 Å². The lowest BCUT2D eigenvalue weighted by atomic mass is 9.88. The van der Waals surface area contributed by atoms with Gasteiger partial charge in [0.1, 0.15) is 0 Å². The molecule has 10 heteroatoms. The van der Waals surface area contributed by atoms with Crippen LogP contribution in [0.4, 0.5) is 13.2 Å². The van der Waals surface area contributed by atoms with Crippen LogP contribution >= 0.6 is 11.6 Å². The monoisotopic (exact) mass is 361 g/mol. The first-order chi connectivity index (χ1) is 11.3. The molecule has 1 fully saturated rings. The van der Waals surface area contributed by atoms with Crippen molar-refractivity contribution in [3.8, 4) is 0 Å². The van der Waals surface area contributed by atoms with Crippen molar-refractivity contribution in [1.29, 1.82) is 0 Å². The van der Waals surface area contributed by atoms with Gasteiger partial charge in [0.05, 0.1) is 17.1 Å². The van der Waals surface area contributed by atoms with Crippen LogP contribution in [-0.4, -0.2) is 33.6 Å². The lowest BCUT2D eigenvalue weighted by Gasteiger charge is -2.31. The van der Waals surface area contributed by atoms with Gasteiger partial charge in [-0.25, -0.2) is 0 Å². The number of halogens is 4. The molecule has 0 radical (unpaired) electrons. The van der Waals surface area contributed by atoms with E-state index in [0.29, 0.717) is 0 Å². The molecule has 3 rings (SSSR count). The van der Waals surface area contributed by atoms with Crippen LogP contribution in [0, 0.1) is 11.8 Å². The molecule has 1 unspecified atom stereocenters. The number of pyridine rings is 1. The minimum absolute atomic E-state index is 0.0257. The Labute approximate surface area is 140 Å². The van der Waals surface area contributed by atoms with Gasteiger partial charge in [0.15, 0.2) is 11.5 Å². The van der Waals surface area contributed by atoms with Gasteiger partial charge in [-0.05, 0) is 25.1 Å². The highest BCUT2D eigenvalue weighted by molar-refractivity contribution is 6.33. The summed E-state index contributed by atoms with van der Waals surface area (Å²) in [6.07, 6.45) is -3.66. The molecule has 1 amide bonds. The highest BCUT2D eigenvalue weighted by Crippen LogP contribution is 2.32. The van der Waals surface area contributed by atoms with Crippen LogP contribution in [0.5, 0.6) is 0 Å². The van der Waals surface area contributed by atoms with Crippen LogP contribution in [0.3, 0.4) is 0 Å². The SMILES string of the molecule is CC(C(=O)NCc1nnc2c(Cl)cc(C(F)(F)F)cn12)C1CNC1. The minimum atomic E-state index is -4.53. The molecule has 2 N–H and O–H groups in total. The lowest BCUT2D eigenvalue weighted by molar-refractivity contribution is -0.138. The van der Waals surface area contributed by atoms with Gasteiger partial charge in [-0.15, -0.1) is 10.2 Å². The number of carbonyl (C=O) groups is 1. The highest BCUT2D eigenvalue weighted by Gasteiger charge is 2.32. The van der Waals surface area contributed by atoms with Gasteiger partial charge >= 0.3 is 6.18 Å². The van der Waals surface area contributed by atoms with Gasteiger partial charge in [-0.2, -0.15) is 13.2 Å². The number of amides is 1. The maximum absolute atomic E-state index is 12.9.